The monoisotopic (exact) mass is 193 g/mol. The van der Waals surface area contributed by atoms with Crippen LogP contribution in [0, 0.1) is 6.57 Å². The second-order valence-corrected chi connectivity index (χ2v) is 2.70. The van der Waals surface area contributed by atoms with Crippen molar-refractivity contribution in [3.63, 3.8) is 0 Å². The fourth-order valence-corrected chi connectivity index (χ4v) is 1.21. The molecule has 0 saturated carbocycles. The van der Waals surface area contributed by atoms with Crippen LogP contribution in [0.5, 0.6) is 0 Å². The number of hydrogen-bond donors (Lipinski definition) is 0. The maximum absolute atomic E-state index is 8.27. The third-order valence-corrected chi connectivity index (χ3v) is 1.89. The molecular formula is C6H7N7O. The molecule has 0 aromatic carbocycles. The molecule has 8 heteroatoms. The summed E-state index contributed by atoms with van der Waals surface area (Å²) in [4.78, 5) is 8.46. The Labute approximate surface area is 79.5 Å². The first-order chi connectivity index (χ1) is 6.81. The number of ether oxygens (including phenoxy) is 1. The summed E-state index contributed by atoms with van der Waals surface area (Å²) < 4.78 is 5.07. The highest BCUT2D eigenvalue weighted by molar-refractivity contribution is 4.91. The van der Waals surface area contributed by atoms with Crippen LogP contribution in [0.4, 0.5) is 0 Å². The molecule has 1 rings (SSSR count). The van der Waals surface area contributed by atoms with E-state index in [2.05, 4.69) is 24.9 Å². The third kappa shape index (κ3) is 2.28. The molecule has 0 aromatic rings. The van der Waals surface area contributed by atoms with Gasteiger partial charge in [-0.05, 0) is 11.1 Å². The Morgan fingerprint density at radius 3 is 2.43 bits per heavy atom. The number of hydrogen-bond acceptors (Lipinski definition) is 3. The van der Waals surface area contributed by atoms with E-state index in [0.29, 0.717) is 0 Å². The van der Waals surface area contributed by atoms with Crippen molar-refractivity contribution < 1.29 is 4.74 Å². The Bertz CT molecular complexity index is 335. The first-order valence-corrected chi connectivity index (χ1v) is 3.88. The molecule has 0 radical (unpaired) electrons. The predicted octanol–water partition coefficient (Wildman–Crippen LogP) is 2.01. The summed E-state index contributed by atoms with van der Waals surface area (Å²) in [5.41, 5.74) is 16.5. The Morgan fingerprint density at radius 1 is 1.21 bits per heavy atom. The molecule has 0 bridgehead atoms. The number of rotatable bonds is 2. The fourth-order valence-electron chi connectivity index (χ4n) is 1.21. The average molecular weight is 193 g/mol. The van der Waals surface area contributed by atoms with E-state index in [0.717, 1.165) is 0 Å². The van der Waals surface area contributed by atoms with Crippen LogP contribution in [-0.4, -0.2) is 24.9 Å². The quantitative estimate of drug-likeness (QED) is 0.284. The number of nitrogens with zero attached hydrogens (tertiary/aromatic N) is 7. The van der Waals surface area contributed by atoms with Gasteiger partial charge in [-0.15, -0.1) is 0 Å². The molecule has 3 atom stereocenters. The first-order valence-electron chi connectivity index (χ1n) is 3.88. The molecule has 0 unspecified atom stereocenters. The maximum Gasteiger partial charge on any atom is 0.328 e. The molecule has 0 N–H and O–H groups in total. The van der Waals surface area contributed by atoms with Crippen LogP contribution >= 0.6 is 0 Å². The SMILES string of the molecule is [C-]#[N+][C@H]1C[C@@H](N=[N+]=[N-])[C@@H](N=[N+]=[N-])CO1. The second kappa shape index (κ2) is 4.94. The van der Waals surface area contributed by atoms with E-state index in [1.165, 1.54) is 0 Å². The van der Waals surface area contributed by atoms with Gasteiger partial charge in [-0.2, -0.15) is 0 Å². The van der Waals surface area contributed by atoms with Crippen LogP contribution in [0.3, 0.4) is 0 Å². The summed E-state index contributed by atoms with van der Waals surface area (Å²) >= 11 is 0. The van der Waals surface area contributed by atoms with Crippen molar-refractivity contribution in [2.75, 3.05) is 6.61 Å². The molecule has 1 fully saturated rings. The zero-order valence-electron chi connectivity index (χ0n) is 7.19. The van der Waals surface area contributed by atoms with Gasteiger partial charge in [-0.1, -0.05) is 10.2 Å². The van der Waals surface area contributed by atoms with Gasteiger partial charge < -0.3 is 4.74 Å². The third-order valence-electron chi connectivity index (χ3n) is 1.89. The van der Waals surface area contributed by atoms with Crippen molar-refractivity contribution in [1.82, 2.24) is 0 Å². The topological polar surface area (TPSA) is 111 Å². The van der Waals surface area contributed by atoms with Gasteiger partial charge in [0, 0.05) is 9.82 Å². The predicted molar refractivity (Wildman–Crippen MR) is 46.8 cm³/mol. The van der Waals surface area contributed by atoms with Crippen molar-refractivity contribution in [3.8, 4) is 0 Å². The van der Waals surface area contributed by atoms with Gasteiger partial charge in [0.1, 0.15) is 0 Å². The molecular weight excluding hydrogens is 186 g/mol. The molecule has 72 valence electrons. The Kier molecular flexibility index (Phi) is 3.58. The van der Waals surface area contributed by atoms with Crippen LogP contribution in [-0.2, 0) is 4.74 Å². The fraction of sp³-hybridized carbons (Fsp3) is 0.833. The summed E-state index contributed by atoms with van der Waals surface area (Å²) in [5.74, 6) is 0. The molecule has 1 aliphatic rings. The van der Waals surface area contributed by atoms with E-state index in [1.54, 1.807) is 0 Å². The lowest BCUT2D eigenvalue weighted by Crippen LogP contribution is -2.37. The summed E-state index contributed by atoms with van der Waals surface area (Å²) in [6.07, 6.45) is -0.326. The van der Waals surface area contributed by atoms with Crippen molar-refractivity contribution in [2.24, 2.45) is 10.2 Å². The Hall–Kier alpha value is -1.93. The molecule has 0 aliphatic carbocycles. The van der Waals surface area contributed by atoms with Crippen molar-refractivity contribution in [2.45, 2.75) is 24.7 Å². The lowest BCUT2D eigenvalue weighted by Gasteiger charge is -2.24. The van der Waals surface area contributed by atoms with Gasteiger partial charge in [0.15, 0.2) is 0 Å². The molecule has 14 heavy (non-hydrogen) atoms. The maximum atomic E-state index is 8.27. The largest absolute Gasteiger partial charge is 0.328 e. The molecule has 1 saturated heterocycles. The summed E-state index contributed by atoms with van der Waals surface area (Å²) in [6, 6.07) is -0.988. The molecule has 1 heterocycles. The standard InChI is InChI=1S/C6H7N7O/c1-9-6-2-4(10-12-7)5(3-14-6)11-13-8/h4-6H,2-3H2/t4-,5+,6-/m1/s1. The molecule has 8 nitrogen and oxygen atoms in total. The minimum atomic E-state index is -0.601. The van der Waals surface area contributed by atoms with Gasteiger partial charge in [0.2, 0.25) is 0 Å². The van der Waals surface area contributed by atoms with E-state index in [9.17, 15) is 0 Å². The van der Waals surface area contributed by atoms with E-state index < -0.39 is 18.3 Å². The molecule has 0 aromatic heterocycles. The summed E-state index contributed by atoms with van der Waals surface area (Å²) in [6.45, 7) is 6.87. The minimum Gasteiger partial charge on any atom is -0.310 e. The summed E-state index contributed by atoms with van der Waals surface area (Å²) in [7, 11) is 0. The van der Waals surface area contributed by atoms with Crippen LogP contribution in [0.15, 0.2) is 10.2 Å². The van der Waals surface area contributed by atoms with E-state index in [1.807, 2.05) is 0 Å². The average Bonchev–Trinajstić information content (AvgIpc) is 2.21. The zero-order valence-corrected chi connectivity index (χ0v) is 7.19. The zero-order chi connectivity index (χ0) is 10.4. The lowest BCUT2D eigenvalue weighted by molar-refractivity contribution is 0.0235. The molecule has 0 spiro atoms. The summed E-state index contributed by atoms with van der Waals surface area (Å²) in [5, 5.41) is 6.91. The van der Waals surface area contributed by atoms with E-state index in [-0.39, 0.29) is 13.0 Å². The van der Waals surface area contributed by atoms with Crippen LogP contribution in [0.1, 0.15) is 6.42 Å². The Balaban J connectivity index is 2.75. The van der Waals surface area contributed by atoms with Crippen LogP contribution < -0.4 is 0 Å². The van der Waals surface area contributed by atoms with Gasteiger partial charge in [-0.25, -0.2) is 6.57 Å². The normalized spacial score (nSPS) is 30.6. The second-order valence-electron chi connectivity index (χ2n) is 2.70. The first kappa shape index (κ1) is 10.2. The highest BCUT2D eigenvalue weighted by atomic mass is 16.5. The van der Waals surface area contributed by atoms with Gasteiger partial charge in [0.05, 0.1) is 25.1 Å². The molecule has 1 aliphatic heterocycles. The Morgan fingerprint density at radius 2 is 1.86 bits per heavy atom. The number of azide groups is 2. The highest BCUT2D eigenvalue weighted by Gasteiger charge is 2.32. The van der Waals surface area contributed by atoms with E-state index >= 15 is 0 Å². The van der Waals surface area contributed by atoms with Crippen molar-refractivity contribution in [1.29, 1.82) is 0 Å². The van der Waals surface area contributed by atoms with Crippen LogP contribution in [0.25, 0.3) is 25.7 Å². The smallest absolute Gasteiger partial charge is 0.310 e. The molecule has 0 amide bonds. The van der Waals surface area contributed by atoms with Gasteiger partial charge in [0.25, 0.3) is 0 Å². The van der Waals surface area contributed by atoms with Crippen LogP contribution in [0.2, 0.25) is 0 Å². The lowest BCUT2D eigenvalue weighted by atomic mass is 10.0. The van der Waals surface area contributed by atoms with Crippen molar-refractivity contribution in [3.05, 3.63) is 32.3 Å². The van der Waals surface area contributed by atoms with E-state index in [4.69, 9.17) is 22.4 Å². The minimum absolute atomic E-state index is 0.126. The van der Waals surface area contributed by atoms with Gasteiger partial charge in [-0.3, -0.25) is 4.85 Å². The van der Waals surface area contributed by atoms with Gasteiger partial charge >= 0.3 is 6.23 Å². The van der Waals surface area contributed by atoms with Crippen molar-refractivity contribution >= 4 is 0 Å². The highest BCUT2D eigenvalue weighted by Crippen LogP contribution is 2.20.